The van der Waals surface area contributed by atoms with E-state index < -0.39 is 0 Å². The molecule has 0 N–H and O–H groups in total. The van der Waals surface area contributed by atoms with E-state index in [9.17, 15) is 4.79 Å². The maximum Gasteiger partial charge on any atom is 0.337 e. The van der Waals surface area contributed by atoms with Crippen LogP contribution < -0.4 is 0 Å². The second kappa shape index (κ2) is 6.29. The average Bonchev–Trinajstić information content (AvgIpc) is 3.14. The minimum atomic E-state index is -0.375. The molecule has 2 heterocycles. The van der Waals surface area contributed by atoms with Crippen LogP contribution in [0.5, 0.6) is 0 Å². The number of nitrogens with zero attached hydrogens (tertiary/aromatic N) is 3. The highest BCUT2D eigenvalue weighted by Gasteiger charge is 2.13. The van der Waals surface area contributed by atoms with Gasteiger partial charge in [0, 0.05) is 10.4 Å². The SMILES string of the molecule is COC(=O)c1ccc(-c2noc(Cc3nc(C)sc3C)n2)cc1. The minimum absolute atomic E-state index is 0.375. The molecule has 0 aliphatic carbocycles. The van der Waals surface area contributed by atoms with E-state index in [2.05, 4.69) is 19.9 Å². The van der Waals surface area contributed by atoms with E-state index in [1.54, 1.807) is 35.6 Å². The summed E-state index contributed by atoms with van der Waals surface area (Å²) in [6, 6.07) is 6.87. The van der Waals surface area contributed by atoms with Gasteiger partial charge < -0.3 is 9.26 Å². The minimum Gasteiger partial charge on any atom is -0.465 e. The fourth-order valence-corrected chi connectivity index (χ4v) is 3.03. The molecule has 3 aromatic rings. The highest BCUT2D eigenvalue weighted by Crippen LogP contribution is 2.21. The van der Waals surface area contributed by atoms with E-state index >= 15 is 0 Å². The maximum absolute atomic E-state index is 11.4. The van der Waals surface area contributed by atoms with Gasteiger partial charge in [-0.2, -0.15) is 4.98 Å². The first-order valence-electron chi connectivity index (χ1n) is 7.01. The van der Waals surface area contributed by atoms with Crippen molar-refractivity contribution < 1.29 is 14.1 Å². The van der Waals surface area contributed by atoms with Gasteiger partial charge in [0.05, 0.1) is 29.8 Å². The standard InChI is InChI=1S/C16H15N3O3S/c1-9-13(17-10(2)23-9)8-14-18-15(19-22-14)11-4-6-12(7-5-11)16(20)21-3/h4-7H,8H2,1-3H3. The molecular weight excluding hydrogens is 314 g/mol. The largest absolute Gasteiger partial charge is 0.465 e. The Morgan fingerprint density at radius 1 is 1.22 bits per heavy atom. The normalized spacial score (nSPS) is 10.7. The zero-order chi connectivity index (χ0) is 16.4. The van der Waals surface area contributed by atoms with Crippen LogP contribution in [0.15, 0.2) is 28.8 Å². The Kier molecular flexibility index (Phi) is 4.20. The molecule has 0 atom stereocenters. The van der Waals surface area contributed by atoms with Gasteiger partial charge in [-0.1, -0.05) is 17.3 Å². The van der Waals surface area contributed by atoms with Crippen LogP contribution in [0, 0.1) is 13.8 Å². The molecular formula is C16H15N3O3S. The van der Waals surface area contributed by atoms with E-state index in [1.807, 2.05) is 13.8 Å². The molecule has 3 rings (SSSR count). The molecule has 0 bridgehead atoms. The van der Waals surface area contributed by atoms with E-state index in [-0.39, 0.29) is 5.97 Å². The zero-order valence-corrected chi connectivity index (χ0v) is 13.8. The Hall–Kier alpha value is -2.54. The number of hydrogen-bond donors (Lipinski definition) is 0. The summed E-state index contributed by atoms with van der Waals surface area (Å²) in [5.74, 6) is 0.631. The second-order valence-electron chi connectivity index (χ2n) is 4.99. The van der Waals surface area contributed by atoms with Crippen LogP contribution >= 0.6 is 11.3 Å². The molecule has 118 valence electrons. The number of rotatable bonds is 4. The van der Waals surface area contributed by atoms with Crippen molar-refractivity contribution in [1.29, 1.82) is 0 Å². The summed E-state index contributed by atoms with van der Waals surface area (Å²) in [4.78, 5) is 21.4. The molecule has 0 spiro atoms. The van der Waals surface area contributed by atoms with Gasteiger partial charge in [0.2, 0.25) is 11.7 Å². The summed E-state index contributed by atoms with van der Waals surface area (Å²) < 4.78 is 9.97. The van der Waals surface area contributed by atoms with Gasteiger partial charge in [-0.25, -0.2) is 9.78 Å². The molecule has 0 aliphatic heterocycles. The first kappa shape index (κ1) is 15.4. The summed E-state index contributed by atoms with van der Waals surface area (Å²) in [5.41, 5.74) is 2.22. The van der Waals surface area contributed by atoms with Crippen molar-refractivity contribution in [2.45, 2.75) is 20.3 Å². The highest BCUT2D eigenvalue weighted by molar-refractivity contribution is 7.11. The van der Waals surface area contributed by atoms with Crippen molar-refractivity contribution in [1.82, 2.24) is 15.1 Å². The van der Waals surface area contributed by atoms with Gasteiger partial charge in [-0.3, -0.25) is 0 Å². The van der Waals surface area contributed by atoms with Crippen LogP contribution in [0.1, 0.15) is 31.8 Å². The molecule has 0 saturated heterocycles. The molecule has 0 saturated carbocycles. The number of esters is 1. The number of thiazole rings is 1. The van der Waals surface area contributed by atoms with Crippen molar-refractivity contribution in [3.05, 3.63) is 51.3 Å². The predicted octanol–water partition coefficient (Wildman–Crippen LogP) is 3.19. The summed E-state index contributed by atoms with van der Waals surface area (Å²) in [6.07, 6.45) is 0.517. The fourth-order valence-electron chi connectivity index (χ4n) is 2.20. The molecule has 7 heteroatoms. The molecule has 1 aromatic carbocycles. The van der Waals surface area contributed by atoms with E-state index in [1.165, 1.54) is 7.11 Å². The third-order valence-corrected chi connectivity index (χ3v) is 4.28. The first-order chi connectivity index (χ1) is 11.1. The van der Waals surface area contributed by atoms with Crippen LogP contribution in [0.25, 0.3) is 11.4 Å². The summed E-state index contributed by atoms with van der Waals surface area (Å²) in [6.45, 7) is 4.01. The van der Waals surface area contributed by atoms with E-state index in [0.29, 0.717) is 23.7 Å². The lowest BCUT2D eigenvalue weighted by molar-refractivity contribution is 0.0601. The number of hydrogen-bond acceptors (Lipinski definition) is 7. The number of ether oxygens (including phenoxy) is 1. The Morgan fingerprint density at radius 2 is 1.96 bits per heavy atom. The van der Waals surface area contributed by atoms with Gasteiger partial charge in [0.25, 0.3) is 0 Å². The Morgan fingerprint density at radius 3 is 2.57 bits per heavy atom. The molecule has 0 aliphatic rings. The van der Waals surface area contributed by atoms with Crippen LogP contribution in [0.2, 0.25) is 0 Å². The molecule has 2 aromatic heterocycles. The maximum atomic E-state index is 11.4. The van der Waals surface area contributed by atoms with Crippen LogP contribution in [-0.4, -0.2) is 28.2 Å². The number of aromatic nitrogens is 3. The Balaban J connectivity index is 1.79. The van der Waals surface area contributed by atoms with Crippen LogP contribution in [-0.2, 0) is 11.2 Å². The monoisotopic (exact) mass is 329 g/mol. The summed E-state index contributed by atoms with van der Waals surface area (Å²) in [5, 5.41) is 5.01. The van der Waals surface area contributed by atoms with Crippen molar-refractivity contribution in [2.75, 3.05) is 7.11 Å². The number of carbonyl (C=O) groups is 1. The first-order valence-corrected chi connectivity index (χ1v) is 7.82. The Bertz CT molecular complexity index is 837. The third kappa shape index (κ3) is 3.29. The quantitative estimate of drug-likeness (QED) is 0.684. The van der Waals surface area contributed by atoms with E-state index in [4.69, 9.17) is 4.52 Å². The molecule has 0 fully saturated rings. The molecule has 0 amide bonds. The molecule has 0 unspecified atom stereocenters. The average molecular weight is 329 g/mol. The van der Waals surface area contributed by atoms with Crippen LogP contribution in [0.3, 0.4) is 0 Å². The van der Waals surface area contributed by atoms with Gasteiger partial charge in [-0.05, 0) is 26.0 Å². The third-order valence-electron chi connectivity index (χ3n) is 3.35. The number of carbonyl (C=O) groups excluding carboxylic acids is 1. The van der Waals surface area contributed by atoms with Crippen LogP contribution in [0.4, 0.5) is 0 Å². The molecule has 0 radical (unpaired) electrons. The predicted molar refractivity (Wildman–Crippen MR) is 85.5 cm³/mol. The smallest absolute Gasteiger partial charge is 0.337 e. The van der Waals surface area contributed by atoms with Gasteiger partial charge in [-0.15, -0.1) is 11.3 Å². The summed E-state index contributed by atoms with van der Waals surface area (Å²) in [7, 11) is 1.35. The summed E-state index contributed by atoms with van der Waals surface area (Å²) >= 11 is 1.65. The lowest BCUT2D eigenvalue weighted by atomic mass is 10.1. The fraction of sp³-hybridized carbons (Fsp3) is 0.250. The highest BCUT2D eigenvalue weighted by atomic mass is 32.1. The molecule has 6 nitrogen and oxygen atoms in total. The second-order valence-corrected chi connectivity index (χ2v) is 6.40. The molecule has 23 heavy (non-hydrogen) atoms. The number of aryl methyl sites for hydroxylation is 2. The Labute approximate surface area is 137 Å². The number of methoxy groups -OCH3 is 1. The van der Waals surface area contributed by atoms with Crippen molar-refractivity contribution in [2.24, 2.45) is 0 Å². The van der Waals surface area contributed by atoms with E-state index in [0.717, 1.165) is 21.1 Å². The van der Waals surface area contributed by atoms with Crippen molar-refractivity contribution >= 4 is 17.3 Å². The lowest BCUT2D eigenvalue weighted by Crippen LogP contribution is -2.00. The van der Waals surface area contributed by atoms with Gasteiger partial charge in [0.1, 0.15) is 0 Å². The van der Waals surface area contributed by atoms with Crippen molar-refractivity contribution in [3.8, 4) is 11.4 Å². The van der Waals surface area contributed by atoms with Gasteiger partial charge >= 0.3 is 5.97 Å². The number of benzene rings is 1. The lowest BCUT2D eigenvalue weighted by Gasteiger charge is -1.99. The van der Waals surface area contributed by atoms with Gasteiger partial charge in [0.15, 0.2) is 0 Å². The zero-order valence-electron chi connectivity index (χ0n) is 13.0. The topological polar surface area (TPSA) is 78.1 Å². The van der Waals surface area contributed by atoms with Crippen molar-refractivity contribution in [3.63, 3.8) is 0 Å².